The third kappa shape index (κ3) is 3.54. The minimum absolute atomic E-state index is 0.0222. The molecule has 0 saturated carbocycles. The lowest BCUT2D eigenvalue weighted by Crippen LogP contribution is -2.10. The Morgan fingerprint density at radius 3 is 2.67 bits per heavy atom. The number of anilines is 1. The molecule has 0 aromatic carbocycles. The molecule has 0 bridgehead atoms. The Hall–Kier alpha value is -1.92. The van der Waals surface area contributed by atoms with Gasteiger partial charge in [0.1, 0.15) is 5.82 Å². The van der Waals surface area contributed by atoms with Crippen molar-refractivity contribution in [2.45, 2.75) is 33.6 Å². The first kappa shape index (κ1) is 14.1. The van der Waals surface area contributed by atoms with Crippen LogP contribution in [-0.4, -0.2) is 28.0 Å². The quantitative estimate of drug-likeness (QED) is 0.456. The van der Waals surface area contributed by atoms with E-state index in [1.807, 2.05) is 6.92 Å². The lowest BCUT2D eigenvalue weighted by atomic mass is 10.3. The molecule has 1 heterocycles. The summed E-state index contributed by atoms with van der Waals surface area (Å²) in [5.74, 6) is 0.696. The topological polar surface area (TPSA) is 90.2 Å². The molecule has 0 amide bonds. The van der Waals surface area contributed by atoms with Gasteiger partial charge in [0.15, 0.2) is 0 Å². The molecule has 1 N–H and O–H groups in total. The number of aryl methyl sites for hydroxylation is 1. The average Bonchev–Trinajstić information content (AvgIpc) is 2.28. The summed E-state index contributed by atoms with van der Waals surface area (Å²) in [5, 5.41) is 14.0. The van der Waals surface area contributed by atoms with E-state index in [0.29, 0.717) is 19.0 Å². The van der Waals surface area contributed by atoms with Gasteiger partial charge in [0.2, 0.25) is 5.82 Å². The Labute approximate surface area is 106 Å². The Morgan fingerprint density at radius 2 is 2.11 bits per heavy atom. The van der Waals surface area contributed by atoms with Crippen LogP contribution >= 0.6 is 0 Å². The van der Waals surface area contributed by atoms with Gasteiger partial charge in [-0.05, 0) is 20.3 Å². The Kier molecular flexibility index (Phi) is 5.29. The third-order valence-electron chi connectivity index (χ3n) is 2.25. The van der Waals surface area contributed by atoms with Crippen molar-refractivity contribution < 1.29 is 9.66 Å². The number of ether oxygens (including phenoxy) is 1. The number of nitrogens with zero attached hydrogens (tertiary/aromatic N) is 3. The normalized spacial score (nSPS) is 10.2. The summed E-state index contributed by atoms with van der Waals surface area (Å²) in [7, 11) is 0. The van der Waals surface area contributed by atoms with Crippen molar-refractivity contribution in [1.29, 1.82) is 0 Å². The highest BCUT2D eigenvalue weighted by Crippen LogP contribution is 2.31. The summed E-state index contributed by atoms with van der Waals surface area (Å²) >= 11 is 0. The molecular formula is C11H18N4O3. The molecule has 100 valence electrons. The van der Waals surface area contributed by atoms with E-state index in [2.05, 4.69) is 15.3 Å². The number of rotatable bonds is 7. The average molecular weight is 254 g/mol. The largest absolute Gasteiger partial charge is 0.473 e. The van der Waals surface area contributed by atoms with Crippen LogP contribution < -0.4 is 10.1 Å². The molecule has 0 aliphatic rings. The monoisotopic (exact) mass is 254 g/mol. The molecule has 7 nitrogen and oxygen atoms in total. The van der Waals surface area contributed by atoms with Crippen LogP contribution in [-0.2, 0) is 0 Å². The first-order valence-electron chi connectivity index (χ1n) is 5.99. The van der Waals surface area contributed by atoms with Gasteiger partial charge < -0.3 is 10.1 Å². The number of hydrogen-bond acceptors (Lipinski definition) is 6. The second kappa shape index (κ2) is 6.73. The summed E-state index contributed by atoms with van der Waals surface area (Å²) in [5.41, 5.74) is -0.196. The molecule has 1 aromatic rings. The molecular weight excluding hydrogens is 236 g/mol. The SMILES string of the molecule is CCCCNc1nc(C)nc(OCC)c1[N+](=O)[O-]. The zero-order valence-corrected chi connectivity index (χ0v) is 10.9. The summed E-state index contributed by atoms with van der Waals surface area (Å²) < 4.78 is 5.19. The van der Waals surface area contributed by atoms with E-state index in [9.17, 15) is 10.1 Å². The van der Waals surface area contributed by atoms with Crippen molar-refractivity contribution >= 4 is 11.5 Å². The van der Waals surface area contributed by atoms with E-state index < -0.39 is 4.92 Å². The minimum Gasteiger partial charge on any atom is -0.473 e. The minimum atomic E-state index is -0.515. The first-order chi connectivity index (χ1) is 8.60. The van der Waals surface area contributed by atoms with E-state index in [1.54, 1.807) is 13.8 Å². The number of nitro groups is 1. The van der Waals surface area contributed by atoms with Gasteiger partial charge in [-0.3, -0.25) is 10.1 Å². The fraction of sp³-hybridized carbons (Fsp3) is 0.636. The third-order valence-corrected chi connectivity index (χ3v) is 2.25. The smallest absolute Gasteiger partial charge is 0.372 e. The number of aromatic nitrogens is 2. The van der Waals surface area contributed by atoms with E-state index in [1.165, 1.54) is 0 Å². The van der Waals surface area contributed by atoms with E-state index in [0.717, 1.165) is 12.8 Å². The molecule has 1 aromatic heterocycles. The van der Waals surface area contributed by atoms with Crippen LogP contribution in [0.2, 0.25) is 0 Å². The second-order valence-electron chi connectivity index (χ2n) is 3.74. The Balaban J connectivity index is 3.08. The molecule has 0 atom stereocenters. The van der Waals surface area contributed by atoms with Gasteiger partial charge in [-0.15, -0.1) is 0 Å². The van der Waals surface area contributed by atoms with Gasteiger partial charge >= 0.3 is 5.69 Å². The van der Waals surface area contributed by atoms with Gasteiger partial charge in [-0.25, -0.2) is 4.98 Å². The first-order valence-corrected chi connectivity index (χ1v) is 5.99. The molecule has 0 radical (unpaired) electrons. The zero-order chi connectivity index (χ0) is 13.5. The van der Waals surface area contributed by atoms with Gasteiger partial charge in [0.05, 0.1) is 11.5 Å². The van der Waals surface area contributed by atoms with E-state index in [-0.39, 0.29) is 17.4 Å². The van der Waals surface area contributed by atoms with Crippen LogP contribution in [0.15, 0.2) is 0 Å². The molecule has 0 spiro atoms. The number of hydrogen-bond donors (Lipinski definition) is 1. The maximum Gasteiger partial charge on any atom is 0.372 e. The highest BCUT2D eigenvalue weighted by atomic mass is 16.6. The zero-order valence-electron chi connectivity index (χ0n) is 10.9. The fourth-order valence-corrected chi connectivity index (χ4v) is 1.45. The summed E-state index contributed by atoms with van der Waals surface area (Å²) in [6.45, 7) is 6.45. The molecule has 0 saturated heterocycles. The lowest BCUT2D eigenvalue weighted by Gasteiger charge is -2.09. The van der Waals surface area contributed by atoms with E-state index >= 15 is 0 Å². The molecule has 0 aliphatic heterocycles. The van der Waals surface area contributed by atoms with Crippen LogP contribution in [0.3, 0.4) is 0 Å². The fourth-order valence-electron chi connectivity index (χ4n) is 1.45. The predicted octanol–water partition coefficient (Wildman–Crippen LogP) is 2.30. The van der Waals surface area contributed by atoms with Crippen molar-refractivity contribution in [2.24, 2.45) is 0 Å². The van der Waals surface area contributed by atoms with Gasteiger partial charge in [-0.2, -0.15) is 4.98 Å². The highest BCUT2D eigenvalue weighted by Gasteiger charge is 2.25. The molecule has 0 fully saturated rings. The molecule has 18 heavy (non-hydrogen) atoms. The van der Waals surface area contributed by atoms with Crippen molar-refractivity contribution in [2.75, 3.05) is 18.5 Å². The predicted molar refractivity (Wildman–Crippen MR) is 68.0 cm³/mol. The van der Waals surface area contributed by atoms with Crippen molar-refractivity contribution in [3.05, 3.63) is 15.9 Å². The van der Waals surface area contributed by atoms with Crippen molar-refractivity contribution in [1.82, 2.24) is 9.97 Å². The van der Waals surface area contributed by atoms with Gasteiger partial charge in [0.25, 0.3) is 5.88 Å². The van der Waals surface area contributed by atoms with Crippen LogP contribution in [0.4, 0.5) is 11.5 Å². The van der Waals surface area contributed by atoms with Crippen LogP contribution in [0.1, 0.15) is 32.5 Å². The highest BCUT2D eigenvalue weighted by molar-refractivity contribution is 5.61. The van der Waals surface area contributed by atoms with Crippen molar-refractivity contribution in [3.8, 4) is 5.88 Å². The summed E-state index contributed by atoms with van der Waals surface area (Å²) in [4.78, 5) is 18.6. The Morgan fingerprint density at radius 1 is 1.39 bits per heavy atom. The maximum atomic E-state index is 11.1. The second-order valence-corrected chi connectivity index (χ2v) is 3.74. The van der Waals surface area contributed by atoms with Crippen molar-refractivity contribution in [3.63, 3.8) is 0 Å². The number of nitrogens with one attached hydrogen (secondary N) is 1. The summed E-state index contributed by atoms with van der Waals surface area (Å²) in [6, 6.07) is 0. The van der Waals surface area contributed by atoms with Crippen LogP contribution in [0.5, 0.6) is 5.88 Å². The molecule has 7 heteroatoms. The molecule has 1 rings (SSSR count). The number of unbranched alkanes of at least 4 members (excludes halogenated alkanes) is 1. The van der Waals surface area contributed by atoms with E-state index in [4.69, 9.17) is 4.74 Å². The van der Waals surface area contributed by atoms with Crippen LogP contribution in [0.25, 0.3) is 0 Å². The summed E-state index contributed by atoms with van der Waals surface area (Å²) in [6.07, 6.45) is 1.92. The standard InChI is InChI=1S/C11H18N4O3/c1-4-6-7-12-10-9(15(16)17)11(18-5-2)14-8(3)13-10/h4-7H2,1-3H3,(H,12,13,14). The van der Waals surface area contributed by atoms with Gasteiger partial charge in [0, 0.05) is 6.54 Å². The van der Waals surface area contributed by atoms with Crippen LogP contribution in [0, 0.1) is 17.0 Å². The maximum absolute atomic E-state index is 11.1. The van der Waals surface area contributed by atoms with Gasteiger partial charge in [-0.1, -0.05) is 13.3 Å². The Bertz CT molecular complexity index is 423. The molecule has 0 aliphatic carbocycles. The molecule has 0 unspecified atom stereocenters. The lowest BCUT2D eigenvalue weighted by molar-refractivity contribution is -0.385.